The van der Waals surface area contributed by atoms with Crippen LogP contribution in [0.5, 0.6) is 0 Å². The fourth-order valence-electron chi connectivity index (χ4n) is 1.18. The largest absolute Gasteiger partial charge is 0.389 e. The number of nitrogens with zero attached hydrogens (tertiary/aromatic N) is 1. The van der Waals surface area contributed by atoms with Gasteiger partial charge in [-0.3, -0.25) is 0 Å². The Morgan fingerprint density at radius 2 is 1.64 bits per heavy atom. The van der Waals surface area contributed by atoms with Gasteiger partial charge in [-0.15, -0.1) is 0 Å². The zero-order chi connectivity index (χ0) is 11.4. The van der Waals surface area contributed by atoms with E-state index in [4.69, 9.17) is 5.73 Å². The monoisotopic (exact) mass is 212 g/mol. The summed E-state index contributed by atoms with van der Waals surface area (Å²) in [5, 5.41) is 0. The lowest BCUT2D eigenvalue weighted by atomic mass is 9.93. The zero-order valence-corrected chi connectivity index (χ0v) is 8.99. The number of nitrogens with two attached hydrogens (primary N) is 1. The summed E-state index contributed by atoms with van der Waals surface area (Å²) in [7, 11) is 3.67. The average Bonchev–Trinajstić information content (AvgIpc) is 2.01. The van der Waals surface area contributed by atoms with E-state index in [-0.39, 0.29) is 12.0 Å². The minimum atomic E-state index is -4.05. The molecule has 0 saturated heterocycles. The highest BCUT2D eigenvalue weighted by Crippen LogP contribution is 2.26. The predicted octanol–water partition coefficient (Wildman–Crippen LogP) is 2.00. The molecule has 0 aliphatic carbocycles. The Morgan fingerprint density at radius 3 is 1.93 bits per heavy atom. The Morgan fingerprint density at radius 1 is 1.14 bits per heavy atom. The summed E-state index contributed by atoms with van der Waals surface area (Å²) in [5.74, 6) is 0. The van der Waals surface area contributed by atoms with Crippen molar-refractivity contribution < 1.29 is 13.2 Å². The predicted molar refractivity (Wildman–Crippen MR) is 51.1 cm³/mol. The van der Waals surface area contributed by atoms with Gasteiger partial charge in [0.1, 0.15) is 0 Å². The van der Waals surface area contributed by atoms with Crippen molar-refractivity contribution in [1.29, 1.82) is 0 Å². The van der Waals surface area contributed by atoms with Crippen LogP contribution in [0.1, 0.15) is 26.2 Å². The Bertz CT molecular complexity index is 168. The molecule has 0 aromatic carbocycles. The quantitative estimate of drug-likeness (QED) is 0.755. The summed E-state index contributed by atoms with van der Waals surface area (Å²) in [6.07, 6.45) is -4.18. The third kappa shape index (κ3) is 4.81. The second kappa shape index (κ2) is 4.98. The highest BCUT2D eigenvalue weighted by molar-refractivity contribution is 4.83. The van der Waals surface area contributed by atoms with Crippen molar-refractivity contribution in [2.24, 2.45) is 5.73 Å². The van der Waals surface area contributed by atoms with Gasteiger partial charge < -0.3 is 10.6 Å². The van der Waals surface area contributed by atoms with Gasteiger partial charge in [-0.05, 0) is 33.9 Å². The van der Waals surface area contributed by atoms with E-state index in [1.165, 1.54) is 0 Å². The van der Waals surface area contributed by atoms with Crippen LogP contribution in [0.3, 0.4) is 0 Å². The Labute approximate surface area is 83.3 Å². The topological polar surface area (TPSA) is 29.3 Å². The fourth-order valence-corrected chi connectivity index (χ4v) is 1.18. The van der Waals surface area contributed by atoms with Crippen molar-refractivity contribution in [1.82, 2.24) is 4.90 Å². The molecule has 86 valence electrons. The lowest BCUT2D eigenvalue weighted by molar-refractivity contribution is -0.136. The smallest absolute Gasteiger partial charge is 0.329 e. The number of halogens is 3. The molecule has 0 saturated carbocycles. The highest BCUT2D eigenvalue weighted by Gasteiger charge is 2.30. The maximum atomic E-state index is 11.9. The standard InChI is InChI=1S/C9H19F3N2/c1-8(7-13,14(2)3)5-4-6-9(10,11)12/h4-7,13H2,1-3H3. The average molecular weight is 212 g/mol. The molecule has 0 spiro atoms. The third-order valence-electron chi connectivity index (χ3n) is 2.70. The Kier molecular flexibility index (Phi) is 4.88. The van der Waals surface area contributed by atoms with Crippen molar-refractivity contribution in [3.8, 4) is 0 Å². The van der Waals surface area contributed by atoms with Crippen LogP contribution in [0.4, 0.5) is 13.2 Å². The van der Waals surface area contributed by atoms with E-state index in [0.29, 0.717) is 13.0 Å². The SMILES string of the molecule is CN(C)C(C)(CN)CCCC(F)(F)F. The summed E-state index contributed by atoms with van der Waals surface area (Å²) >= 11 is 0. The number of hydrogen-bond acceptors (Lipinski definition) is 2. The molecule has 14 heavy (non-hydrogen) atoms. The summed E-state index contributed by atoms with van der Waals surface area (Å²) in [4.78, 5) is 1.88. The van der Waals surface area contributed by atoms with E-state index in [2.05, 4.69) is 0 Å². The first kappa shape index (κ1) is 13.7. The first-order valence-corrected chi connectivity index (χ1v) is 4.65. The first-order valence-electron chi connectivity index (χ1n) is 4.65. The van der Waals surface area contributed by atoms with Crippen molar-refractivity contribution >= 4 is 0 Å². The van der Waals surface area contributed by atoms with Gasteiger partial charge >= 0.3 is 6.18 Å². The van der Waals surface area contributed by atoms with E-state index < -0.39 is 12.6 Å². The maximum Gasteiger partial charge on any atom is 0.389 e. The first-order chi connectivity index (χ1) is 6.21. The van der Waals surface area contributed by atoms with Gasteiger partial charge in [0.05, 0.1) is 0 Å². The Balaban J connectivity index is 3.97. The molecular formula is C9H19F3N2. The molecule has 1 unspecified atom stereocenters. The van der Waals surface area contributed by atoms with Crippen LogP contribution in [0, 0.1) is 0 Å². The molecule has 2 nitrogen and oxygen atoms in total. The molecule has 0 rings (SSSR count). The third-order valence-corrected chi connectivity index (χ3v) is 2.70. The van der Waals surface area contributed by atoms with Gasteiger partial charge in [-0.2, -0.15) is 13.2 Å². The minimum absolute atomic E-state index is 0.134. The van der Waals surface area contributed by atoms with Crippen LogP contribution in [0.2, 0.25) is 0 Å². The molecule has 0 bridgehead atoms. The molecule has 0 aromatic heterocycles. The summed E-state index contributed by atoms with van der Waals surface area (Å²) in [6.45, 7) is 2.25. The van der Waals surface area contributed by atoms with E-state index in [1.54, 1.807) is 0 Å². The second-order valence-corrected chi connectivity index (χ2v) is 4.06. The summed E-state index contributed by atoms with van der Waals surface area (Å²) < 4.78 is 35.7. The molecular weight excluding hydrogens is 193 g/mol. The minimum Gasteiger partial charge on any atom is -0.329 e. The number of rotatable bonds is 5. The molecule has 1 atom stereocenters. The lowest BCUT2D eigenvalue weighted by Crippen LogP contribution is -2.47. The van der Waals surface area contributed by atoms with Crippen LogP contribution in [-0.2, 0) is 0 Å². The molecule has 2 N–H and O–H groups in total. The summed E-state index contributed by atoms with van der Waals surface area (Å²) in [6, 6.07) is 0. The normalized spacial score (nSPS) is 17.1. The van der Waals surface area contributed by atoms with Crippen LogP contribution < -0.4 is 5.73 Å². The van der Waals surface area contributed by atoms with Gasteiger partial charge in [-0.1, -0.05) is 0 Å². The van der Waals surface area contributed by atoms with Crippen molar-refractivity contribution in [2.75, 3.05) is 20.6 Å². The number of alkyl halides is 3. The van der Waals surface area contributed by atoms with E-state index >= 15 is 0 Å². The van der Waals surface area contributed by atoms with Gasteiger partial charge in [0.25, 0.3) is 0 Å². The van der Waals surface area contributed by atoms with Crippen LogP contribution >= 0.6 is 0 Å². The second-order valence-electron chi connectivity index (χ2n) is 4.06. The lowest BCUT2D eigenvalue weighted by Gasteiger charge is -2.35. The fraction of sp³-hybridized carbons (Fsp3) is 1.00. The Hall–Kier alpha value is -0.290. The van der Waals surface area contributed by atoms with E-state index in [1.807, 2.05) is 25.9 Å². The van der Waals surface area contributed by atoms with Crippen LogP contribution in [-0.4, -0.2) is 37.3 Å². The number of likely N-dealkylation sites (N-methyl/N-ethyl adjacent to an activating group) is 1. The molecule has 0 aromatic rings. The van der Waals surface area contributed by atoms with Crippen molar-refractivity contribution in [3.05, 3.63) is 0 Å². The van der Waals surface area contributed by atoms with Gasteiger partial charge in [0.2, 0.25) is 0 Å². The van der Waals surface area contributed by atoms with Gasteiger partial charge in [0.15, 0.2) is 0 Å². The molecule has 0 radical (unpaired) electrons. The van der Waals surface area contributed by atoms with Gasteiger partial charge in [0, 0.05) is 18.5 Å². The molecule has 0 fully saturated rings. The van der Waals surface area contributed by atoms with E-state index in [9.17, 15) is 13.2 Å². The summed E-state index contributed by atoms with van der Waals surface area (Å²) in [5.41, 5.74) is 5.21. The van der Waals surface area contributed by atoms with Gasteiger partial charge in [-0.25, -0.2) is 0 Å². The van der Waals surface area contributed by atoms with Crippen molar-refractivity contribution in [2.45, 2.75) is 37.9 Å². The van der Waals surface area contributed by atoms with Crippen LogP contribution in [0.15, 0.2) is 0 Å². The molecule has 0 aliphatic heterocycles. The van der Waals surface area contributed by atoms with Crippen LogP contribution in [0.25, 0.3) is 0 Å². The molecule has 0 amide bonds. The van der Waals surface area contributed by atoms with Crippen molar-refractivity contribution in [3.63, 3.8) is 0 Å². The van der Waals surface area contributed by atoms with E-state index in [0.717, 1.165) is 0 Å². The molecule has 0 aliphatic rings. The molecule has 5 heteroatoms. The maximum absolute atomic E-state index is 11.9. The number of hydrogen-bond donors (Lipinski definition) is 1. The highest BCUT2D eigenvalue weighted by atomic mass is 19.4. The zero-order valence-electron chi connectivity index (χ0n) is 8.99. The molecule has 0 heterocycles.